The molecule has 2 aromatic rings. The van der Waals surface area contributed by atoms with Crippen LogP contribution in [0.1, 0.15) is 42.5 Å². The number of rotatable bonds is 5. The summed E-state index contributed by atoms with van der Waals surface area (Å²) >= 11 is 6.52. The van der Waals surface area contributed by atoms with E-state index in [-0.39, 0.29) is 5.91 Å². The molecule has 29 heavy (non-hydrogen) atoms. The molecule has 2 aromatic heterocycles. The largest absolute Gasteiger partial charge is 0.477 e. The Morgan fingerprint density at radius 1 is 1.10 bits per heavy atom. The average molecular weight is 415 g/mol. The summed E-state index contributed by atoms with van der Waals surface area (Å²) in [5, 5.41) is 0.552. The molecule has 2 aliphatic heterocycles. The van der Waals surface area contributed by atoms with Gasteiger partial charge in [0.15, 0.2) is 0 Å². The highest BCUT2D eigenvalue weighted by molar-refractivity contribution is 6.33. The van der Waals surface area contributed by atoms with Gasteiger partial charge in [-0.1, -0.05) is 17.7 Å². The molecule has 0 aromatic carbocycles. The molecule has 0 N–H and O–H groups in total. The monoisotopic (exact) mass is 414 g/mol. The molecule has 0 radical (unpaired) electrons. The van der Waals surface area contributed by atoms with Crippen molar-refractivity contribution in [3.8, 4) is 5.88 Å². The normalized spacial score (nSPS) is 18.0. The number of ether oxygens (including phenoxy) is 1. The fourth-order valence-electron chi connectivity index (χ4n) is 4.01. The van der Waals surface area contributed by atoms with Crippen LogP contribution in [0.25, 0.3) is 0 Å². The van der Waals surface area contributed by atoms with E-state index in [0.717, 1.165) is 57.7 Å². The van der Waals surface area contributed by atoms with Crippen LogP contribution in [0, 0.1) is 5.92 Å². The third-order valence-electron chi connectivity index (χ3n) is 5.73. The number of pyridine rings is 2. The Kier molecular flexibility index (Phi) is 6.49. The summed E-state index contributed by atoms with van der Waals surface area (Å²) in [6.45, 7) is 4.08. The zero-order chi connectivity index (χ0) is 20.1. The predicted molar refractivity (Wildman–Crippen MR) is 114 cm³/mol. The Hall–Kier alpha value is -2.34. The maximum absolute atomic E-state index is 12.7. The van der Waals surface area contributed by atoms with Gasteiger partial charge in [-0.15, -0.1) is 0 Å². The molecular weight excluding hydrogens is 388 g/mol. The summed E-state index contributed by atoms with van der Waals surface area (Å²) in [5.74, 6) is 1.97. The Balaban J connectivity index is 1.32. The van der Waals surface area contributed by atoms with Gasteiger partial charge in [-0.2, -0.15) is 0 Å². The van der Waals surface area contributed by atoms with Gasteiger partial charge < -0.3 is 14.5 Å². The molecule has 2 fully saturated rings. The lowest BCUT2D eigenvalue weighted by Gasteiger charge is -2.33. The third-order valence-corrected chi connectivity index (χ3v) is 6.01. The van der Waals surface area contributed by atoms with Gasteiger partial charge in [0.05, 0.1) is 17.2 Å². The van der Waals surface area contributed by atoms with E-state index in [4.69, 9.17) is 16.3 Å². The van der Waals surface area contributed by atoms with E-state index in [1.54, 1.807) is 18.5 Å². The van der Waals surface area contributed by atoms with Crippen molar-refractivity contribution in [3.63, 3.8) is 0 Å². The van der Waals surface area contributed by atoms with Gasteiger partial charge in [-0.25, -0.2) is 9.97 Å². The highest BCUT2D eigenvalue weighted by Gasteiger charge is 2.24. The van der Waals surface area contributed by atoms with Crippen molar-refractivity contribution in [2.45, 2.75) is 32.1 Å². The quantitative estimate of drug-likeness (QED) is 0.738. The summed E-state index contributed by atoms with van der Waals surface area (Å²) in [7, 11) is 0. The number of carbonyl (C=O) groups is 1. The number of likely N-dealkylation sites (tertiary alicyclic amines) is 1. The van der Waals surface area contributed by atoms with Gasteiger partial charge in [0.1, 0.15) is 5.82 Å². The van der Waals surface area contributed by atoms with Crippen molar-refractivity contribution in [2.24, 2.45) is 5.92 Å². The number of halogens is 1. The van der Waals surface area contributed by atoms with Crippen LogP contribution in [0.5, 0.6) is 5.88 Å². The van der Waals surface area contributed by atoms with Crippen molar-refractivity contribution < 1.29 is 9.53 Å². The van der Waals surface area contributed by atoms with E-state index in [1.165, 1.54) is 6.42 Å². The first-order valence-electron chi connectivity index (χ1n) is 10.4. The molecule has 6 nitrogen and oxygen atoms in total. The molecule has 154 valence electrons. The Labute approximate surface area is 176 Å². The summed E-state index contributed by atoms with van der Waals surface area (Å²) < 4.78 is 5.80. The lowest BCUT2D eigenvalue weighted by Crippen LogP contribution is -2.37. The molecule has 2 aliphatic rings. The topological polar surface area (TPSA) is 58.6 Å². The highest BCUT2D eigenvalue weighted by Crippen LogP contribution is 2.29. The second-order valence-corrected chi connectivity index (χ2v) is 8.20. The lowest BCUT2D eigenvalue weighted by molar-refractivity contribution is 0.0724. The van der Waals surface area contributed by atoms with Crippen LogP contribution in [0.3, 0.4) is 0 Å². The first-order valence-corrected chi connectivity index (χ1v) is 10.8. The maximum Gasteiger partial charge on any atom is 0.255 e. The van der Waals surface area contributed by atoms with Crippen LogP contribution in [0.2, 0.25) is 5.02 Å². The van der Waals surface area contributed by atoms with Crippen molar-refractivity contribution in [1.82, 2.24) is 14.9 Å². The lowest BCUT2D eigenvalue weighted by atomic mass is 9.98. The molecule has 4 heterocycles. The number of piperidine rings is 2. The summed E-state index contributed by atoms with van der Waals surface area (Å²) in [6, 6.07) is 7.47. The standard InChI is InChI=1S/C22H27ClN4O2/c23-19-14-18(22(28)27-10-4-1-5-11-27)15-25-21(19)26-12-7-17(8-13-26)16-29-20-6-2-3-9-24-20/h2-3,6,9,14-15,17H,1,4-5,7-8,10-13,16H2. The van der Waals surface area contributed by atoms with E-state index in [0.29, 0.717) is 29.0 Å². The van der Waals surface area contributed by atoms with E-state index in [2.05, 4.69) is 14.9 Å². The van der Waals surface area contributed by atoms with E-state index in [9.17, 15) is 4.79 Å². The van der Waals surface area contributed by atoms with E-state index in [1.807, 2.05) is 23.1 Å². The fraction of sp³-hybridized carbons (Fsp3) is 0.500. The van der Waals surface area contributed by atoms with Crippen molar-refractivity contribution in [3.05, 3.63) is 47.2 Å². The zero-order valence-corrected chi connectivity index (χ0v) is 17.4. The van der Waals surface area contributed by atoms with E-state index < -0.39 is 0 Å². The molecule has 7 heteroatoms. The number of hydrogen-bond acceptors (Lipinski definition) is 5. The zero-order valence-electron chi connectivity index (χ0n) is 16.6. The maximum atomic E-state index is 12.7. The Bertz CT molecular complexity index is 819. The fourth-order valence-corrected chi connectivity index (χ4v) is 4.29. The molecule has 0 aliphatic carbocycles. The summed E-state index contributed by atoms with van der Waals surface area (Å²) in [6.07, 6.45) is 8.79. The molecule has 0 bridgehead atoms. The minimum Gasteiger partial charge on any atom is -0.477 e. The molecule has 0 atom stereocenters. The molecule has 0 saturated carbocycles. The number of aromatic nitrogens is 2. The van der Waals surface area contributed by atoms with Crippen LogP contribution in [0.15, 0.2) is 36.7 Å². The van der Waals surface area contributed by atoms with Crippen molar-refractivity contribution in [2.75, 3.05) is 37.7 Å². The van der Waals surface area contributed by atoms with Crippen LogP contribution in [0.4, 0.5) is 5.82 Å². The smallest absolute Gasteiger partial charge is 0.255 e. The number of hydrogen-bond donors (Lipinski definition) is 0. The molecule has 1 amide bonds. The first kappa shape index (κ1) is 20.0. The molecular formula is C22H27ClN4O2. The minimum atomic E-state index is 0.0380. The third kappa shape index (κ3) is 4.99. The SMILES string of the molecule is O=C(c1cnc(N2CCC(COc3ccccn3)CC2)c(Cl)c1)N1CCCCC1. The van der Waals surface area contributed by atoms with Crippen LogP contribution >= 0.6 is 11.6 Å². The van der Waals surface area contributed by atoms with Gasteiger partial charge in [-0.3, -0.25) is 4.79 Å². The first-order chi connectivity index (χ1) is 14.2. The number of nitrogens with zero attached hydrogens (tertiary/aromatic N) is 4. The highest BCUT2D eigenvalue weighted by atomic mass is 35.5. The van der Waals surface area contributed by atoms with Crippen LogP contribution < -0.4 is 9.64 Å². The van der Waals surface area contributed by atoms with Gasteiger partial charge in [0.25, 0.3) is 5.91 Å². The average Bonchev–Trinajstić information content (AvgIpc) is 2.79. The van der Waals surface area contributed by atoms with E-state index >= 15 is 0 Å². The second kappa shape index (κ2) is 9.44. The number of amides is 1. The minimum absolute atomic E-state index is 0.0380. The van der Waals surface area contributed by atoms with Crippen molar-refractivity contribution >= 4 is 23.3 Å². The van der Waals surface area contributed by atoms with Gasteiger partial charge in [0, 0.05) is 44.6 Å². The second-order valence-electron chi connectivity index (χ2n) is 7.79. The predicted octanol–water partition coefficient (Wildman–Crippen LogP) is 4.05. The summed E-state index contributed by atoms with van der Waals surface area (Å²) in [4.78, 5) is 25.5. The van der Waals surface area contributed by atoms with Crippen LogP contribution in [-0.2, 0) is 0 Å². The van der Waals surface area contributed by atoms with Gasteiger partial charge in [0.2, 0.25) is 5.88 Å². The number of carbonyl (C=O) groups excluding carboxylic acids is 1. The Morgan fingerprint density at radius 2 is 1.90 bits per heavy atom. The van der Waals surface area contributed by atoms with Gasteiger partial charge in [-0.05, 0) is 50.2 Å². The summed E-state index contributed by atoms with van der Waals surface area (Å²) in [5.41, 5.74) is 0.583. The van der Waals surface area contributed by atoms with Crippen LogP contribution in [-0.4, -0.2) is 53.6 Å². The molecule has 4 rings (SSSR count). The van der Waals surface area contributed by atoms with Gasteiger partial charge >= 0.3 is 0 Å². The molecule has 0 spiro atoms. The Morgan fingerprint density at radius 3 is 2.59 bits per heavy atom. The molecule has 0 unspecified atom stereocenters. The van der Waals surface area contributed by atoms with Crippen molar-refractivity contribution in [1.29, 1.82) is 0 Å². The number of anilines is 1. The molecule has 2 saturated heterocycles.